The van der Waals surface area contributed by atoms with E-state index in [1.165, 1.54) is 28.0 Å². The van der Waals surface area contributed by atoms with Gasteiger partial charge in [-0.3, -0.25) is 19.5 Å². The molecule has 0 N–H and O–H groups in total. The number of unbranched alkanes of at least 4 members (excludes halogenated alkanes) is 1. The number of aromatic nitrogens is 1. The lowest BCUT2D eigenvalue weighted by molar-refractivity contribution is -0.402. The summed E-state index contributed by atoms with van der Waals surface area (Å²) < 4.78 is 12.3. The molecule has 1 aliphatic rings. The van der Waals surface area contributed by atoms with Crippen LogP contribution in [0.1, 0.15) is 45.4 Å². The van der Waals surface area contributed by atoms with Gasteiger partial charge in [-0.2, -0.15) is 0 Å². The molecule has 1 atom stereocenters. The second-order valence-electron chi connectivity index (χ2n) is 6.07. The van der Waals surface area contributed by atoms with Crippen molar-refractivity contribution >= 4 is 35.0 Å². The lowest BCUT2D eigenvalue weighted by Crippen LogP contribution is -2.35. The van der Waals surface area contributed by atoms with Gasteiger partial charge in [-0.1, -0.05) is 30.8 Å². The summed E-state index contributed by atoms with van der Waals surface area (Å²) >= 11 is 1.21. The number of fused-ring (bicyclic) bond motifs is 1. The molecule has 0 radical (unpaired) electrons. The van der Waals surface area contributed by atoms with Crippen LogP contribution in [0, 0.1) is 10.1 Å². The van der Waals surface area contributed by atoms with Crippen molar-refractivity contribution in [1.82, 2.24) is 4.57 Å². The fraction of sp³-hybridized carbons (Fsp3) is 0.389. The molecule has 2 aromatic heterocycles. The zero-order valence-corrected chi connectivity index (χ0v) is 16.4. The number of hydrogen-bond donors (Lipinski definition) is 0. The van der Waals surface area contributed by atoms with Gasteiger partial charge in [0, 0.05) is 5.70 Å². The van der Waals surface area contributed by atoms with Crippen LogP contribution in [-0.2, 0) is 9.53 Å². The quantitative estimate of drug-likeness (QED) is 0.413. The third kappa shape index (κ3) is 3.42. The predicted octanol–water partition coefficient (Wildman–Crippen LogP) is 2.16. The number of hydrogen-bond acceptors (Lipinski definition) is 8. The summed E-state index contributed by atoms with van der Waals surface area (Å²) in [6.45, 7) is 5.45. The van der Waals surface area contributed by atoms with E-state index in [0.717, 1.165) is 12.8 Å². The fourth-order valence-corrected chi connectivity index (χ4v) is 3.97. The first kappa shape index (κ1) is 19.7. The number of allylic oxidation sites excluding steroid dienone is 1. The summed E-state index contributed by atoms with van der Waals surface area (Å²) in [4.78, 5) is 40.6. The minimum absolute atomic E-state index is 0.125. The van der Waals surface area contributed by atoms with Crippen molar-refractivity contribution in [2.45, 2.75) is 39.7 Å². The summed E-state index contributed by atoms with van der Waals surface area (Å²) in [5.74, 6) is -0.951. The molecule has 0 bridgehead atoms. The molecule has 28 heavy (non-hydrogen) atoms. The number of carbonyl (C=O) groups excluding carboxylic acids is 1. The van der Waals surface area contributed by atoms with Crippen molar-refractivity contribution in [2.24, 2.45) is 4.99 Å². The number of thiazole rings is 1. The van der Waals surface area contributed by atoms with Crippen LogP contribution in [0.2, 0.25) is 0 Å². The first-order valence-corrected chi connectivity index (χ1v) is 9.62. The number of carbonyl (C=O) groups is 1. The molecule has 0 amide bonds. The standard InChI is InChI=1S/C18H19N3O6S/c1-4-6-7-12-16(22)20-10(3)14(17(23)26-5-2)15(19-18(20)28-12)11-8-9-13(27-11)21(24)25/h7-9,15H,4-6H2,1-3H3/b12-7-/t15-/m0/s1. The van der Waals surface area contributed by atoms with E-state index in [1.54, 1.807) is 13.8 Å². The predicted molar refractivity (Wildman–Crippen MR) is 102 cm³/mol. The molecular formula is C18H19N3O6S. The minimum atomic E-state index is -0.926. The fourth-order valence-electron chi connectivity index (χ4n) is 2.92. The van der Waals surface area contributed by atoms with Gasteiger partial charge < -0.3 is 9.15 Å². The Kier molecular flexibility index (Phi) is 5.59. The molecule has 0 fully saturated rings. The molecule has 3 rings (SSSR count). The van der Waals surface area contributed by atoms with Gasteiger partial charge in [0.1, 0.15) is 16.7 Å². The van der Waals surface area contributed by atoms with E-state index in [1.807, 2.05) is 13.0 Å². The first-order valence-electron chi connectivity index (χ1n) is 8.81. The van der Waals surface area contributed by atoms with E-state index in [4.69, 9.17) is 9.15 Å². The Morgan fingerprint density at radius 1 is 1.46 bits per heavy atom. The minimum Gasteiger partial charge on any atom is -0.463 e. The number of furan rings is 1. The van der Waals surface area contributed by atoms with Crippen LogP contribution in [0.3, 0.4) is 0 Å². The maximum Gasteiger partial charge on any atom is 0.433 e. The number of ether oxygens (including phenoxy) is 1. The summed E-state index contributed by atoms with van der Waals surface area (Å²) in [5, 5.41) is 11.0. The van der Waals surface area contributed by atoms with Gasteiger partial charge in [0.05, 0.1) is 22.8 Å². The molecule has 0 saturated heterocycles. The zero-order chi connectivity index (χ0) is 20.4. The van der Waals surface area contributed by atoms with E-state index in [0.29, 0.717) is 15.0 Å². The number of esters is 1. The highest BCUT2D eigenvalue weighted by Crippen LogP contribution is 2.34. The molecule has 10 heteroatoms. The average Bonchev–Trinajstić information content (AvgIpc) is 3.25. The van der Waals surface area contributed by atoms with Crippen LogP contribution >= 0.6 is 11.3 Å². The number of nitro groups is 1. The summed E-state index contributed by atoms with van der Waals surface area (Å²) in [6.07, 6.45) is 3.49. The van der Waals surface area contributed by atoms with E-state index < -0.39 is 22.8 Å². The Hall–Kier alpha value is -3.01. The average molecular weight is 405 g/mol. The Morgan fingerprint density at radius 3 is 2.82 bits per heavy atom. The van der Waals surface area contributed by atoms with Crippen LogP contribution in [0.25, 0.3) is 11.8 Å². The van der Waals surface area contributed by atoms with Gasteiger partial charge in [0.25, 0.3) is 5.56 Å². The molecule has 2 aromatic rings. The van der Waals surface area contributed by atoms with Crippen LogP contribution in [-0.4, -0.2) is 22.1 Å². The van der Waals surface area contributed by atoms with Gasteiger partial charge >= 0.3 is 11.9 Å². The number of rotatable bonds is 6. The molecule has 3 heterocycles. The lowest BCUT2D eigenvalue weighted by atomic mass is 10.0. The maximum atomic E-state index is 12.8. The highest BCUT2D eigenvalue weighted by atomic mass is 32.1. The van der Waals surface area contributed by atoms with Crippen molar-refractivity contribution in [3.63, 3.8) is 0 Å². The molecule has 1 aliphatic heterocycles. The van der Waals surface area contributed by atoms with Gasteiger partial charge in [-0.25, -0.2) is 9.79 Å². The Bertz CT molecular complexity index is 1140. The van der Waals surface area contributed by atoms with Crippen LogP contribution in [0.15, 0.2) is 31.9 Å². The molecule has 0 saturated carbocycles. The van der Waals surface area contributed by atoms with Gasteiger partial charge in [0.15, 0.2) is 4.80 Å². The van der Waals surface area contributed by atoms with Crippen LogP contribution < -0.4 is 14.9 Å². The van der Waals surface area contributed by atoms with Crippen molar-refractivity contribution in [2.75, 3.05) is 6.61 Å². The Balaban J connectivity index is 2.24. The largest absolute Gasteiger partial charge is 0.463 e. The molecule has 148 valence electrons. The topological polar surface area (TPSA) is 117 Å². The Labute approximate surface area is 163 Å². The summed E-state index contributed by atoms with van der Waals surface area (Å²) in [5.41, 5.74) is 0.255. The van der Waals surface area contributed by atoms with Crippen molar-refractivity contribution < 1.29 is 18.9 Å². The van der Waals surface area contributed by atoms with Crippen molar-refractivity contribution in [3.05, 3.63) is 53.3 Å². The molecule has 0 aromatic carbocycles. The Morgan fingerprint density at radius 2 is 2.21 bits per heavy atom. The third-order valence-electron chi connectivity index (χ3n) is 4.22. The zero-order valence-electron chi connectivity index (χ0n) is 15.6. The molecular weight excluding hydrogens is 386 g/mol. The first-order chi connectivity index (χ1) is 13.4. The van der Waals surface area contributed by atoms with Gasteiger partial charge in [0.2, 0.25) is 0 Å². The summed E-state index contributed by atoms with van der Waals surface area (Å²) in [6, 6.07) is 1.69. The van der Waals surface area contributed by atoms with Crippen molar-refractivity contribution in [1.29, 1.82) is 0 Å². The van der Waals surface area contributed by atoms with E-state index in [2.05, 4.69) is 4.99 Å². The second kappa shape index (κ2) is 7.93. The smallest absolute Gasteiger partial charge is 0.433 e. The highest BCUT2D eigenvalue weighted by molar-refractivity contribution is 7.07. The van der Waals surface area contributed by atoms with E-state index in [9.17, 15) is 19.7 Å². The van der Waals surface area contributed by atoms with E-state index in [-0.39, 0.29) is 23.5 Å². The monoisotopic (exact) mass is 405 g/mol. The SMILES string of the molecule is CCC/C=c1\sc2n(c1=O)C(C)=C(C(=O)OCC)[C@H](c1ccc([N+](=O)[O-])o1)N=2. The van der Waals surface area contributed by atoms with Gasteiger partial charge in [-0.05, 0) is 26.3 Å². The second-order valence-corrected chi connectivity index (χ2v) is 7.08. The highest BCUT2D eigenvalue weighted by Gasteiger charge is 2.34. The summed E-state index contributed by atoms with van der Waals surface area (Å²) in [7, 11) is 0. The normalized spacial score (nSPS) is 16.7. The third-order valence-corrected chi connectivity index (χ3v) is 5.25. The van der Waals surface area contributed by atoms with Crippen molar-refractivity contribution in [3.8, 4) is 0 Å². The molecule has 0 unspecified atom stereocenters. The molecule has 0 aliphatic carbocycles. The maximum absolute atomic E-state index is 12.8. The number of nitrogens with zero attached hydrogens (tertiary/aromatic N) is 3. The molecule has 9 nitrogen and oxygen atoms in total. The molecule has 0 spiro atoms. The lowest BCUT2D eigenvalue weighted by Gasteiger charge is -2.20. The van der Waals surface area contributed by atoms with Gasteiger partial charge in [-0.15, -0.1) is 0 Å². The van der Waals surface area contributed by atoms with Crippen LogP contribution in [0.4, 0.5) is 5.88 Å². The van der Waals surface area contributed by atoms with E-state index >= 15 is 0 Å². The van der Waals surface area contributed by atoms with Crippen LogP contribution in [0.5, 0.6) is 0 Å².